The van der Waals surface area contributed by atoms with E-state index < -0.39 is 11.5 Å². The highest BCUT2D eigenvalue weighted by molar-refractivity contribution is 5.78. The highest BCUT2D eigenvalue weighted by atomic mass is 16.4. The molecule has 0 aromatic carbocycles. The maximum Gasteiger partial charge on any atom is 0.323 e. The van der Waals surface area contributed by atoms with Crippen LogP contribution in [0.4, 0.5) is 0 Å². The molecule has 0 aromatic rings. The maximum absolute atomic E-state index is 11.4. The first-order valence-electron chi connectivity index (χ1n) is 6.11. The Morgan fingerprint density at radius 3 is 2.38 bits per heavy atom. The first-order valence-corrected chi connectivity index (χ1v) is 6.11. The molecule has 0 rings (SSSR count). The summed E-state index contributed by atoms with van der Waals surface area (Å²) in [5.74, 6) is -0.720. The minimum absolute atomic E-state index is 0.635. The topological polar surface area (TPSA) is 52.6 Å². The Labute approximate surface area is 99.0 Å². The summed E-state index contributed by atoms with van der Waals surface area (Å²) in [6, 6.07) is 0. The Kier molecular flexibility index (Phi) is 7.34. The number of nitrogens with zero attached hydrogens (tertiary/aromatic N) is 1. The van der Waals surface area contributed by atoms with Crippen LogP contribution in [-0.4, -0.2) is 48.7 Å². The van der Waals surface area contributed by atoms with Gasteiger partial charge in [-0.3, -0.25) is 4.79 Å². The van der Waals surface area contributed by atoms with Crippen LogP contribution in [0.2, 0.25) is 0 Å². The molecule has 4 heteroatoms. The van der Waals surface area contributed by atoms with Crippen molar-refractivity contribution in [2.75, 3.05) is 27.2 Å². The standard InChI is InChI=1S/C12H26N2O2/c1-5-7-8-12(6-2,11(15)16)13-9-10-14(3)4/h13H,5-10H2,1-4H3,(H,15,16). The monoisotopic (exact) mass is 230 g/mol. The van der Waals surface area contributed by atoms with Crippen molar-refractivity contribution in [2.45, 2.75) is 45.1 Å². The molecule has 0 aliphatic carbocycles. The molecule has 0 bridgehead atoms. The minimum Gasteiger partial charge on any atom is -0.480 e. The molecule has 16 heavy (non-hydrogen) atoms. The summed E-state index contributed by atoms with van der Waals surface area (Å²) < 4.78 is 0. The fourth-order valence-electron chi connectivity index (χ4n) is 1.72. The zero-order valence-corrected chi connectivity index (χ0v) is 11.0. The van der Waals surface area contributed by atoms with E-state index in [0.717, 1.165) is 25.9 Å². The summed E-state index contributed by atoms with van der Waals surface area (Å²) in [4.78, 5) is 13.4. The van der Waals surface area contributed by atoms with Gasteiger partial charge in [0.25, 0.3) is 0 Å². The molecular weight excluding hydrogens is 204 g/mol. The van der Waals surface area contributed by atoms with Gasteiger partial charge in [-0.05, 0) is 26.9 Å². The van der Waals surface area contributed by atoms with Gasteiger partial charge in [0.15, 0.2) is 0 Å². The van der Waals surface area contributed by atoms with Gasteiger partial charge < -0.3 is 15.3 Å². The molecule has 1 atom stereocenters. The second kappa shape index (κ2) is 7.63. The fourth-order valence-corrected chi connectivity index (χ4v) is 1.72. The predicted molar refractivity (Wildman–Crippen MR) is 66.7 cm³/mol. The van der Waals surface area contributed by atoms with E-state index in [4.69, 9.17) is 0 Å². The van der Waals surface area contributed by atoms with Crippen LogP contribution in [0.3, 0.4) is 0 Å². The molecule has 0 spiro atoms. The minimum atomic E-state index is -0.730. The quantitative estimate of drug-likeness (QED) is 0.631. The summed E-state index contributed by atoms with van der Waals surface area (Å²) in [5, 5.41) is 12.5. The van der Waals surface area contributed by atoms with Gasteiger partial charge in [-0.15, -0.1) is 0 Å². The van der Waals surface area contributed by atoms with Crippen LogP contribution in [0.5, 0.6) is 0 Å². The van der Waals surface area contributed by atoms with Gasteiger partial charge in [-0.2, -0.15) is 0 Å². The lowest BCUT2D eigenvalue weighted by molar-refractivity contribution is -0.145. The molecular formula is C12H26N2O2. The molecule has 0 aromatic heterocycles. The molecule has 0 fully saturated rings. The average Bonchev–Trinajstić information content (AvgIpc) is 2.22. The number of aliphatic carboxylic acids is 1. The molecule has 96 valence electrons. The number of hydrogen-bond acceptors (Lipinski definition) is 3. The molecule has 1 unspecified atom stereocenters. The summed E-state index contributed by atoms with van der Waals surface area (Å²) in [6.45, 7) is 5.60. The van der Waals surface area contributed by atoms with Crippen LogP contribution in [0.15, 0.2) is 0 Å². The molecule has 4 nitrogen and oxygen atoms in total. The van der Waals surface area contributed by atoms with Crippen molar-refractivity contribution in [1.82, 2.24) is 10.2 Å². The molecule has 0 aliphatic rings. The SMILES string of the molecule is CCCCC(CC)(NCCN(C)C)C(=O)O. The van der Waals surface area contributed by atoms with E-state index in [1.165, 1.54) is 0 Å². The van der Waals surface area contributed by atoms with Crippen molar-refractivity contribution in [3.63, 3.8) is 0 Å². The molecule has 0 saturated heterocycles. The average molecular weight is 230 g/mol. The second-order valence-corrected chi connectivity index (χ2v) is 4.57. The highest BCUT2D eigenvalue weighted by Crippen LogP contribution is 2.18. The maximum atomic E-state index is 11.4. The number of carbonyl (C=O) groups is 1. The highest BCUT2D eigenvalue weighted by Gasteiger charge is 2.35. The molecule has 0 amide bonds. The number of rotatable bonds is 9. The summed E-state index contributed by atoms with van der Waals surface area (Å²) in [7, 11) is 3.98. The number of carboxylic acids is 1. The van der Waals surface area contributed by atoms with E-state index in [-0.39, 0.29) is 0 Å². The van der Waals surface area contributed by atoms with Crippen molar-refractivity contribution in [3.05, 3.63) is 0 Å². The van der Waals surface area contributed by atoms with Crippen molar-refractivity contribution in [3.8, 4) is 0 Å². The Morgan fingerprint density at radius 1 is 1.38 bits per heavy atom. The van der Waals surface area contributed by atoms with Crippen LogP contribution in [-0.2, 0) is 4.79 Å². The third-order valence-electron chi connectivity index (χ3n) is 2.99. The van der Waals surface area contributed by atoms with E-state index in [0.29, 0.717) is 12.8 Å². The van der Waals surface area contributed by atoms with E-state index in [1.807, 2.05) is 21.0 Å². The number of likely N-dealkylation sites (N-methyl/N-ethyl adjacent to an activating group) is 1. The van der Waals surface area contributed by atoms with Crippen LogP contribution < -0.4 is 5.32 Å². The van der Waals surface area contributed by atoms with E-state index in [2.05, 4.69) is 17.1 Å². The number of unbranched alkanes of at least 4 members (excludes halogenated alkanes) is 1. The molecule has 0 saturated carbocycles. The van der Waals surface area contributed by atoms with Crippen LogP contribution in [0.25, 0.3) is 0 Å². The third-order valence-corrected chi connectivity index (χ3v) is 2.99. The number of nitrogens with one attached hydrogen (secondary N) is 1. The van der Waals surface area contributed by atoms with Gasteiger partial charge in [0.1, 0.15) is 5.54 Å². The zero-order valence-electron chi connectivity index (χ0n) is 11.0. The lowest BCUT2D eigenvalue weighted by Gasteiger charge is -2.30. The lowest BCUT2D eigenvalue weighted by Crippen LogP contribution is -2.53. The summed E-state index contributed by atoms with van der Waals surface area (Å²) >= 11 is 0. The van der Waals surface area contributed by atoms with Gasteiger partial charge in [-0.1, -0.05) is 26.7 Å². The Morgan fingerprint density at radius 2 is 2.00 bits per heavy atom. The van der Waals surface area contributed by atoms with Crippen molar-refractivity contribution in [1.29, 1.82) is 0 Å². The Balaban J connectivity index is 4.33. The Hall–Kier alpha value is -0.610. The van der Waals surface area contributed by atoms with E-state index >= 15 is 0 Å². The molecule has 2 N–H and O–H groups in total. The normalized spacial score (nSPS) is 15.1. The molecule has 0 aliphatic heterocycles. The lowest BCUT2D eigenvalue weighted by atomic mass is 9.89. The Bertz CT molecular complexity index is 207. The first kappa shape index (κ1) is 15.4. The number of hydrogen-bond donors (Lipinski definition) is 2. The van der Waals surface area contributed by atoms with Crippen molar-refractivity contribution < 1.29 is 9.90 Å². The van der Waals surface area contributed by atoms with Gasteiger partial charge in [0.05, 0.1) is 0 Å². The van der Waals surface area contributed by atoms with E-state index in [1.54, 1.807) is 0 Å². The van der Waals surface area contributed by atoms with Crippen molar-refractivity contribution >= 4 is 5.97 Å². The molecule has 0 heterocycles. The smallest absolute Gasteiger partial charge is 0.323 e. The van der Waals surface area contributed by atoms with Gasteiger partial charge in [-0.25, -0.2) is 0 Å². The largest absolute Gasteiger partial charge is 0.480 e. The van der Waals surface area contributed by atoms with E-state index in [9.17, 15) is 9.90 Å². The first-order chi connectivity index (χ1) is 7.48. The zero-order chi connectivity index (χ0) is 12.6. The van der Waals surface area contributed by atoms with Gasteiger partial charge in [0.2, 0.25) is 0 Å². The van der Waals surface area contributed by atoms with Crippen LogP contribution >= 0.6 is 0 Å². The summed E-state index contributed by atoms with van der Waals surface area (Å²) in [5.41, 5.74) is -0.730. The second-order valence-electron chi connectivity index (χ2n) is 4.57. The number of carboxylic acid groups (broad SMARTS) is 1. The third kappa shape index (κ3) is 4.94. The summed E-state index contributed by atoms with van der Waals surface area (Å²) in [6.07, 6.45) is 3.33. The fraction of sp³-hybridized carbons (Fsp3) is 0.917. The van der Waals surface area contributed by atoms with Crippen LogP contribution in [0, 0.1) is 0 Å². The predicted octanol–water partition coefficient (Wildman–Crippen LogP) is 1.56. The van der Waals surface area contributed by atoms with Gasteiger partial charge >= 0.3 is 5.97 Å². The van der Waals surface area contributed by atoms with Crippen LogP contribution in [0.1, 0.15) is 39.5 Å². The van der Waals surface area contributed by atoms with Crippen molar-refractivity contribution in [2.24, 2.45) is 0 Å². The molecule has 0 radical (unpaired) electrons. The van der Waals surface area contributed by atoms with Gasteiger partial charge in [0, 0.05) is 13.1 Å².